The van der Waals surface area contributed by atoms with E-state index in [2.05, 4.69) is 19.7 Å². The van der Waals surface area contributed by atoms with Gasteiger partial charge in [0.25, 0.3) is 10.0 Å². The van der Waals surface area contributed by atoms with Gasteiger partial charge < -0.3 is 10.2 Å². The number of thiazole rings is 1. The number of benzene rings is 1. The van der Waals surface area contributed by atoms with Crippen molar-refractivity contribution in [3.63, 3.8) is 0 Å². The predicted octanol–water partition coefficient (Wildman–Crippen LogP) is 3.20. The monoisotopic (exact) mass is 455 g/mol. The summed E-state index contributed by atoms with van der Waals surface area (Å²) in [7, 11) is -2.01. The second kappa shape index (κ2) is 8.94. The quantitative estimate of drug-likeness (QED) is 0.612. The number of likely N-dealkylation sites (tertiary alicyclic amines) is 1. The van der Waals surface area contributed by atoms with E-state index < -0.39 is 10.0 Å². The number of amidine groups is 1. The molecule has 2 aromatic heterocycles. The van der Waals surface area contributed by atoms with Crippen molar-refractivity contribution in [2.75, 3.05) is 18.9 Å². The lowest BCUT2D eigenvalue weighted by Gasteiger charge is -2.11. The number of carbonyl (C=O) groups excluding carboxylic acids is 1. The Labute approximate surface area is 184 Å². The van der Waals surface area contributed by atoms with Crippen molar-refractivity contribution in [2.24, 2.45) is 4.40 Å². The predicted molar refractivity (Wildman–Crippen MR) is 121 cm³/mol. The third-order valence-corrected chi connectivity index (χ3v) is 7.02. The summed E-state index contributed by atoms with van der Waals surface area (Å²) in [5.74, 6) is 0.279. The Balaban J connectivity index is 1.44. The number of aromatic nitrogens is 2. The van der Waals surface area contributed by atoms with E-state index in [1.807, 2.05) is 29.5 Å². The summed E-state index contributed by atoms with van der Waals surface area (Å²) in [6.45, 7) is 0.795. The molecule has 1 aromatic carbocycles. The van der Waals surface area contributed by atoms with Gasteiger partial charge in [-0.3, -0.25) is 9.78 Å². The molecule has 1 N–H and O–H groups in total. The van der Waals surface area contributed by atoms with Crippen LogP contribution in [0, 0.1) is 0 Å². The minimum atomic E-state index is -3.84. The Kier molecular flexibility index (Phi) is 6.10. The molecule has 1 saturated heterocycles. The molecule has 1 aliphatic rings. The minimum Gasteiger partial charge on any atom is -0.362 e. The summed E-state index contributed by atoms with van der Waals surface area (Å²) in [6.07, 6.45) is 5.03. The first-order valence-corrected chi connectivity index (χ1v) is 12.0. The van der Waals surface area contributed by atoms with Gasteiger partial charge in [-0.2, -0.15) is 8.42 Å². The zero-order valence-corrected chi connectivity index (χ0v) is 18.5. The summed E-state index contributed by atoms with van der Waals surface area (Å²) in [5.41, 5.74) is 1.93. The van der Waals surface area contributed by atoms with Crippen molar-refractivity contribution in [1.82, 2.24) is 14.9 Å². The second-order valence-corrected chi connectivity index (χ2v) is 9.61. The smallest absolute Gasteiger partial charge is 0.284 e. The van der Waals surface area contributed by atoms with Crippen LogP contribution in [0.5, 0.6) is 0 Å². The van der Waals surface area contributed by atoms with Gasteiger partial charge in [-0.05, 0) is 36.8 Å². The van der Waals surface area contributed by atoms with Crippen LogP contribution in [0.2, 0.25) is 0 Å². The standard InChI is InChI=1S/C21H21N5O3S2/c1-26-10-4-8-19(26)25-31(28,29)18-7-2-6-16(11-18)23-20(27)12-17-14-30-21(24-17)15-5-3-9-22-13-15/h2-3,5-7,9,11,13-14H,4,8,10,12H2,1H3,(H,23,27)/b25-19+. The van der Waals surface area contributed by atoms with E-state index in [-0.39, 0.29) is 17.2 Å². The molecular formula is C21H21N5O3S2. The molecule has 0 saturated carbocycles. The first kappa shape index (κ1) is 21.1. The van der Waals surface area contributed by atoms with Crippen molar-refractivity contribution >= 4 is 38.8 Å². The summed E-state index contributed by atoms with van der Waals surface area (Å²) in [6, 6.07) is 9.88. The van der Waals surface area contributed by atoms with E-state index in [0.29, 0.717) is 23.6 Å². The van der Waals surface area contributed by atoms with Crippen LogP contribution in [-0.4, -0.2) is 48.6 Å². The number of anilines is 1. The number of hydrogen-bond acceptors (Lipinski definition) is 6. The average Bonchev–Trinajstić information content (AvgIpc) is 3.38. The minimum absolute atomic E-state index is 0.0469. The van der Waals surface area contributed by atoms with Crippen LogP contribution in [0.25, 0.3) is 10.6 Å². The molecule has 3 aromatic rings. The van der Waals surface area contributed by atoms with Gasteiger partial charge in [0, 0.05) is 49.0 Å². The average molecular weight is 456 g/mol. The van der Waals surface area contributed by atoms with Crippen LogP contribution in [0.3, 0.4) is 0 Å². The van der Waals surface area contributed by atoms with Crippen LogP contribution in [0.1, 0.15) is 18.5 Å². The molecule has 1 fully saturated rings. The van der Waals surface area contributed by atoms with Gasteiger partial charge in [-0.15, -0.1) is 15.7 Å². The number of hydrogen-bond donors (Lipinski definition) is 1. The fourth-order valence-electron chi connectivity index (χ4n) is 3.22. The molecule has 0 bridgehead atoms. The number of nitrogens with one attached hydrogen (secondary N) is 1. The molecule has 0 radical (unpaired) electrons. The largest absolute Gasteiger partial charge is 0.362 e. The number of sulfonamides is 1. The molecule has 31 heavy (non-hydrogen) atoms. The van der Waals surface area contributed by atoms with Crippen LogP contribution < -0.4 is 5.32 Å². The highest BCUT2D eigenvalue weighted by molar-refractivity contribution is 7.90. The van der Waals surface area contributed by atoms with Gasteiger partial charge in [0.1, 0.15) is 10.8 Å². The van der Waals surface area contributed by atoms with Gasteiger partial charge in [0.05, 0.1) is 17.0 Å². The first-order valence-electron chi connectivity index (χ1n) is 9.70. The number of pyridine rings is 1. The van der Waals surface area contributed by atoms with E-state index in [4.69, 9.17) is 0 Å². The Morgan fingerprint density at radius 2 is 2.16 bits per heavy atom. The fourth-order valence-corrected chi connectivity index (χ4v) is 5.17. The molecule has 8 nitrogen and oxygen atoms in total. The number of amides is 1. The zero-order valence-electron chi connectivity index (χ0n) is 16.9. The van der Waals surface area contributed by atoms with Crippen molar-refractivity contribution in [2.45, 2.75) is 24.2 Å². The van der Waals surface area contributed by atoms with E-state index >= 15 is 0 Å². The van der Waals surface area contributed by atoms with Crippen molar-refractivity contribution in [1.29, 1.82) is 0 Å². The van der Waals surface area contributed by atoms with Crippen LogP contribution in [0.4, 0.5) is 5.69 Å². The van der Waals surface area contributed by atoms with E-state index in [9.17, 15) is 13.2 Å². The maximum Gasteiger partial charge on any atom is 0.284 e. The maximum atomic E-state index is 12.7. The van der Waals surface area contributed by atoms with E-state index in [0.717, 1.165) is 23.5 Å². The molecule has 4 rings (SSSR count). The highest BCUT2D eigenvalue weighted by Gasteiger charge is 2.20. The lowest BCUT2D eigenvalue weighted by Crippen LogP contribution is -2.20. The molecule has 10 heteroatoms. The lowest BCUT2D eigenvalue weighted by molar-refractivity contribution is -0.115. The van der Waals surface area contributed by atoms with Crippen LogP contribution in [0.15, 0.2) is 63.5 Å². The van der Waals surface area contributed by atoms with Crippen LogP contribution >= 0.6 is 11.3 Å². The molecule has 0 spiro atoms. The molecule has 1 amide bonds. The van der Waals surface area contributed by atoms with Crippen LogP contribution in [-0.2, 0) is 21.2 Å². The van der Waals surface area contributed by atoms with Crippen molar-refractivity contribution in [3.8, 4) is 10.6 Å². The third-order valence-electron chi connectivity index (χ3n) is 4.78. The van der Waals surface area contributed by atoms with Gasteiger partial charge in [-0.1, -0.05) is 6.07 Å². The van der Waals surface area contributed by atoms with Gasteiger partial charge >= 0.3 is 0 Å². The summed E-state index contributed by atoms with van der Waals surface area (Å²) >= 11 is 1.44. The normalized spacial score (nSPS) is 15.4. The van der Waals surface area contributed by atoms with E-state index in [1.54, 1.807) is 24.5 Å². The molecule has 1 aliphatic heterocycles. The first-order chi connectivity index (χ1) is 14.9. The van der Waals surface area contributed by atoms with Gasteiger partial charge in [0.2, 0.25) is 5.91 Å². The lowest BCUT2D eigenvalue weighted by atomic mass is 10.2. The molecule has 160 valence electrons. The van der Waals surface area contributed by atoms with E-state index in [1.165, 1.54) is 23.5 Å². The third kappa shape index (κ3) is 5.15. The summed E-state index contributed by atoms with van der Waals surface area (Å²) < 4.78 is 29.3. The van der Waals surface area contributed by atoms with Crippen molar-refractivity contribution < 1.29 is 13.2 Å². The number of rotatable bonds is 6. The molecule has 0 atom stereocenters. The Hall–Kier alpha value is -3.11. The highest BCUT2D eigenvalue weighted by Crippen LogP contribution is 2.23. The zero-order chi connectivity index (χ0) is 21.8. The highest BCUT2D eigenvalue weighted by atomic mass is 32.2. The molecule has 0 aliphatic carbocycles. The Bertz CT molecular complexity index is 1220. The second-order valence-electron chi connectivity index (χ2n) is 7.15. The fraction of sp³-hybridized carbons (Fsp3) is 0.238. The van der Waals surface area contributed by atoms with Crippen molar-refractivity contribution in [3.05, 3.63) is 59.9 Å². The maximum absolute atomic E-state index is 12.7. The Morgan fingerprint density at radius 3 is 2.90 bits per heavy atom. The van der Waals surface area contributed by atoms with Gasteiger partial charge in [-0.25, -0.2) is 4.98 Å². The SMILES string of the molecule is CN1CCC/C1=N\S(=O)(=O)c1cccc(NC(=O)Cc2csc(-c3cccnc3)n2)c1. The number of carbonyl (C=O) groups is 1. The number of nitrogens with zero attached hydrogens (tertiary/aromatic N) is 4. The topological polar surface area (TPSA) is 105 Å². The summed E-state index contributed by atoms with van der Waals surface area (Å²) in [4.78, 5) is 22.9. The van der Waals surface area contributed by atoms with Gasteiger partial charge in [0.15, 0.2) is 0 Å². The molecular weight excluding hydrogens is 434 g/mol. The summed E-state index contributed by atoms with van der Waals surface area (Å²) in [5, 5.41) is 5.37. The Morgan fingerprint density at radius 1 is 1.29 bits per heavy atom. The molecule has 0 unspecified atom stereocenters. The molecule has 3 heterocycles.